The fraction of sp³-hybridized carbons (Fsp3) is 0.273. The van der Waals surface area contributed by atoms with Crippen LogP contribution in [0.4, 0.5) is 5.95 Å². The number of ether oxygens (including phenoxy) is 1. The van der Waals surface area contributed by atoms with Crippen molar-refractivity contribution in [1.82, 2.24) is 24.9 Å². The predicted octanol–water partition coefficient (Wildman–Crippen LogP) is 3.28. The second-order valence-corrected chi connectivity index (χ2v) is 7.13. The number of para-hydroxylation sites is 1. The maximum atomic E-state index is 12.5. The Kier molecular flexibility index (Phi) is 4.88. The highest BCUT2D eigenvalue weighted by Gasteiger charge is 2.19. The quantitative estimate of drug-likeness (QED) is 0.511. The molecule has 2 aromatic heterocycles. The Morgan fingerprint density at radius 1 is 1.17 bits per heavy atom. The summed E-state index contributed by atoms with van der Waals surface area (Å²) in [4.78, 5) is 21.9. The molecule has 0 radical (unpaired) electrons. The van der Waals surface area contributed by atoms with Crippen LogP contribution >= 0.6 is 0 Å². The van der Waals surface area contributed by atoms with E-state index in [4.69, 9.17) is 11.1 Å². The standard InChI is InChI=1S/C22H24N6O2/c1-13(2)23-21(29)14(3)24-22-25-18-11-6-5-10-17(18)20-26-19(27-28(20)22)15-8-7-9-16(12-15)30-4/h5-14H,1-4H3,(H,23,29)(H,24,25)/t14-/m0/s1/i1D/t13?,14-. The maximum Gasteiger partial charge on any atom is 0.242 e. The van der Waals surface area contributed by atoms with Gasteiger partial charge in [0.15, 0.2) is 11.5 Å². The number of carbonyl (C=O) groups excluding carboxylic acids is 1. The second-order valence-electron chi connectivity index (χ2n) is 7.13. The SMILES string of the molecule is [2H]CC(C)NC(=O)[C@H](C)Nc1nc2ccccc2c2nc(-c3cccc(OC)c3)nn12. The van der Waals surface area contributed by atoms with Gasteiger partial charge in [0, 0.05) is 18.4 Å². The van der Waals surface area contributed by atoms with Crippen molar-refractivity contribution in [3.63, 3.8) is 0 Å². The molecule has 0 bridgehead atoms. The summed E-state index contributed by atoms with van der Waals surface area (Å²) in [6.45, 7) is 3.65. The number of methoxy groups -OCH3 is 1. The molecule has 0 saturated heterocycles. The summed E-state index contributed by atoms with van der Waals surface area (Å²) in [5.74, 6) is 1.44. The van der Waals surface area contributed by atoms with Crippen molar-refractivity contribution >= 4 is 28.4 Å². The third kappa shape index (κ3) is 3.76. The Balaban J connectivity index is 1.79. The number of fused-ring (bicyclic) bond motifs is 3. The van der Waals surface area contributed by atoms with Gasteiger partial charge in [-0.05, 0) is 45.0 Å². The normalized spacial score (nSPS) is 13.6. The molecule has 8 heteroatoms. The van der Waals surface area contributed by atoms with Gasteiger partial charge in [0.05, 0.1) is 12.6 Å². The largest absolute Gasteiger partial charge is 0.497 e. The van der Waals surface area contributed by atoms with Crippen LogP contribution in [0.1, 0.15) is 22.1 Å². The average molecular weight is 405 g/mol. The number of nitrogens with one attached hydrogen (secondary N) is 2. The van der Waals surface area contributed by atoms with E-state index in [0.29, 0.717) is 23.2 Å². The van der Waals surface area contributed by atoms with Crippen LogP contribution in [-0.4, -0.2) is 44.7 Å². The molecule has 2 N–H and O–H groups in total. The first-order chi connectivity index (χ1) is 15.0. The third-order valence-corrected chi connectivity index (χ3v) is 4.63. The minimum Gasteiger partial charge on any atom is -0.497 e. The minimum absolute atomic E-state index is 0.115. The number of amides is 1. The van der Waals surface area contributed by atoms with Gasteiger partial charge in [-0.2, -0.15) is 4.52 Å². The molecule has 4 rings (SSSR count). The highest BCUT2D eigenvalue weighted by atomic mass is 16.5. The van der Waals surface area contributed by atoms with Crippen LogP contribution in [0.25, 0.3) is 27.9 Å². The monoisotopic (exact) mass is 405 g/mol. The molecule has 1 amide bonds. The van der Waals surface area contributed by atoms with Crippen LogP contribution in [0.5, 0.6) is 5.75 Å². The molecule has 0 aliphatic rings. The molecule has 0 aliphatic carbocycles. The van der Waals surface area contributed by atoms with Gasteiger partial charge in [0.25, 0.3) is 0 Å². The zero-order chi connectivity index (χ0) is 22.0. The first kappa shape index (κ1) is 18.4. The number of nitrogens with zero attached hydrogens (tertiary/aromatic N) is 4. The molecule has 2 aromatic carbocycles. The molecule has 4 aromatic rings. The van der Waals surface area contributed by atoms with E-state index in [2.05, 4.69) is 20.7 Å². The number of hydrogen-bond acceptors (Lipinski definition) is 6. The Morgan fingerprint density at radius 3 is 2.80 bits per heavy atom. The van der Waals surface area contributed by atoms with E-state index in [1.54, 1.807) is 25.5 Å². The lowest BCUT2D eigenvalue weighted by Gasteiger charge is -2.17. The summed E-state index contributed by atoms with van der Waals surface area (Å²) >= 11 is 0. The first-order valence-corrected chi connectivity index (χ1v) is 9.66. The summed E-state index contributed by atoms with van der Waals surface area (Å²) < 4.78 is 14.3. The van der Waals surface area contributed by atoms with Gasteiger partial charge in [-0.25, -0.2) is 9.97 Å². The third-order valence-electron chi connectivity index (χ3n) is 4.63. The molecule has 30 heavy (non-hydrogen) atoms. The Morgan fingerprint density at radius 2 is 2.00 bits per heavy atom. The van der Waals surface area contributed by atoms with Crippen LogP contribution in [0.2, 0.25) is 0 Å². The molecule has 2 heterocycles. The van der Waals surface area contributed by atoms with Gasteiger partial charge in [0.2, 0.25) is 11.9 Å². The maximum absolute atomic E-state index is 12.5. The van der Waals surface area contributed by atoms with E-state index < -0.39 is 6.04 Å². The number of rotatable bonds is 6. The van der Waals surface area contributed by atoms with Gasteiger partial charge in [0.1, 0.15) is 11.8 Å². The highest BCUT2D eigenvalue weighted by Crippen LogP contribution is 2.26. The van der Waals surface area contributed by atoms with E-state index in [0.717, 1.165) is 16.5 Å². The molecule has 8 nitrogen and oxygen atoms in total. The van der Waals surface area contributed by atoms with Crippen molar-refractivity contribution in [2.75, 3.05) is 12.4 Å². The second kappa shape index (κ2) is 7.98. The Hall–Kier alpha value is -3.68. The summed E-state index contributed by atoms with van der Waals surface area (Å²) in [6.07, 6.45) is 0. The molecule has 0 spiro atoms. The molecule has 0 saturated carbocycles. The van der Waals surface area contributed by atoms with Crippen LogP contribution in [0, 0.1) is 0 Å². The smallest absolute Gasteiger partial charge is 0.242 e. The summed E-state index contributed by atoms with van der Waals surface area (Å²) in [7, 11) is 1.61. The Bertz CT molecular complexity index is 1240. The number of hydrogen-bond donors (Lipinski definition) is 2. The lowest BCUT2D eigenvalue weighted by Crippen LogP contribution is -2.41. The van der Waals surface area contributed by atoms with Crippen molar-refractivity contribution in [3.8, 4) is 17.1 Å². The van der Waals surface area contributed by atoms with Crippen molar-refractivity contribution in [1.29, 1.82) is 0 Å². The van der Waals surface area contributed by atoms with E-state index in [1.165, 1.54) is 0 Å². The van der Waals surface area contributed by atoms with Gasteiger partial charge >= 0.3 is 0 Å². The summed E-state index contributed by atoms with van der Waals surface area (Å²) in [6, 6.07) is 14.4. The van der Waals surface area contributed by atoms with Crippen molar-refractivity contribution < 1.29 is 10.9 Å². The number of carbonyl (C=O) groups is 1. The molecule has 0 fully saturated rings. The van der Waals surface area contributed by atoms with Crippen LogP contribution in [-0.2, 0) is 4.79 Å². The number of anilines is 1. The van der Waals surface area contributed by atoms with E-state index >= 15 is 0 Å². The van der Waals surface area contributed by atoms with Crippen molar-refractivity contribution in [2.45, 2.75) is 32.8 Å². The molecular weight excluding hydrogens is 380 g/mol. The summed E-state index contributed by atoms with van der Waals surface area (Å²) in [5, 5.41) is 11.5. The first-order valence-electron chi connectivity index (χ1n) is 10.4. The van der Waals surface area contributed by atoms with Gasteiger partial charge in [-0.3, -0.25) is 4.79 Å². The fourth-order valence-electron chi connectivity index (χ4n) is 3.16. The average Bonchev–Trinajstić information content (AvgIpc) is 3.25. The lowest BCUT2D eigenvalue weighted by atomic mass is 10.2. The lowest BCUT2D eigenvalue weighted by molar-refractivity contribution is -0.122. The van der Waals surface area contributed by atoms with Gasteiger partial charge < -0.3 is 15.4 Å². The van der Waals surface area contributed by atoms with Crippen molar-refractivity contribution in [2.24, 2.45) is 0 Å². The van der Waals surface area contributed by atoms with E-state index in [1.807, 2.05) is 48.5 Å². The van der Waals surface area contributed by atoms with Crippen LogP contribution < -0.4 is 15.4 Å². The van der Waals surface area contributed by atoms with Crippen molar-refractivity contribution in [3.05, 3.63) is 48.5 Å². The summed E-state index contributed by atoms with van der Waals surface area (Å²) in [5.41, 5.74) is 2.19. The Labute approximate surface area is 175 Å². The number of benzene rings is 2. The van der Waals surface area contributed by atoms with E-state index in [-0.39, 0.29) is 18.8 Å². The van der Waals surface area contributed by atoms with Gasteiger partial charge in [-0.15, -0.1) is 5.10 Å². The highest BCUT2D eigenvalue weighted by molar-refractivity contribution is 5.93. The molecule has 1 unspecified atom stereocenters. The van der Waals surface area contributed by atoms with Gasteiger partial charge in [-0.1, -0.05) is 24.3 Å². The predicted molar refractivity (Wildman–Crippen MR) is 117 cm³/mol. The molecule has 0 aliphatic heterocycles. The minimum atomic E-state index is -0.574. The topological polar surface area (TPSA) is 93.4 Å². The van der Waals surface area contributed by atoms with Crippen LogP contribution in [0.3, 0.4) is 0 Å². The molecule has 2 atom stereocenters. The van der Waals surface area contributed by atoms with E-state index in [9.17, 15) is 4.79 Å². The number of aromatic nitrogens is 4. The fourth-order valence-corrected chi connectivity index (χ4v) is 3.16. The molecular formula is C22H24N6O2. The zero-order valence-electron chi connectivity index (χ0n) is 18.1. The molecule has 154 valence electrons. The van der Waals surface area contributed by atoms with Crippen LogP contribution in [0.15, 0.2) is 48.5 Å². The zero-order valence-corrected chi connectivity index (χ0v) is 17.1.